The fraction of sp³-hybridized carbons (Fsp3) is 0.261. The summed E-state index contributed by atoms with van der Waals surface area (Å²) in [7, 11) is 0. The molecule has 0 unspecified atom stereocenters. The largest absolute Gasteiger partial charge is 0.485 e. The van der Waals surface area contributed by atoms with Crippen molar-refractivity contribution in [2.75, 3.05) is 11.1 Å². The molecule has 0 atom stereocenters. The molecule has 1 heterocycles. The fourth-order valence-corrected chi connectivity index (χ4v) is 3.81. The van der Waals surface area contributed by atoms with E-state index in [-0.39, 0.29) is 24.0 Å². The van der Waals surface area contributed by atoms with E-state index in [0.717, 1.165) is 22.4 Å². The maximum Gasteiger partial charge on any atom is 0.271 e. The summed E-state index contributed by atoms with van der Waals surface area (Å²) in [5.41, 5.74) is 3.27. The van der Waals surface area contributed by atoms with Gasteiger partial charge in [0.2, 0.25) is 5.91 Å². The number of hydrogen-bond acceptors (Lipinski definition) is 7. The highest BCUT2D eigenvalue weighted by atomic mass is 32.2. The summed E-state index contributed by atoms with van der Waals surface area (Å²) in [6, 6.07) is 10.2. The Kier molecular flexibility index (Phi) is 7.83. The van der Waals surface area contributed by atoms with E-state index in [9.17, 15) is 14.9 Å². The second-order valence-corrected chi connectivity index (χ2v) is 8.32. The normalized spacial score (nSPS) is 10.6. The van der Waals surface area contributed by atoms with Gasteiger partial charge in [0.1, 0.15) is 12.4 Å². The molecule has 0 fully saturated rings. The molecule has 0 aliphatic rings. The van der Waals surface area contributed by atoms with Gasteiger partial charge in [0, 0.05) is 18.7 Å². The van der Waals surface area contributed by atoms with Gasteiger partial charge in [-0.1, -0.05) is 36.0 Å². The van der Waals surface area contributed by atoms with Gasteiger partial charge in [-0.3, -0.25) is 19.5 Å². The first-order chi connectivity index (χ1) is 15.8. The molecule has 1 amide bonds. The highest BCUT2D eigenvalue weighted by Crippen LogP contribution is 2.24. The van der Waals surface area contributed by atoms with Crippen LogP contribution in [0.2, 0.25) is 0 Å². The minimum atomic E-state index is -0.497. The Morgan fingerprint density at radius 3 is 2.76 bits per heavy atom. The van der Waals surface area contributed by atoms with Gasteiger partial charge in [-0.25, -0.2) is 0 Å². The van der Waals surface area contributed by atoms with E-state index in [1.165, 1.54) is 23.9 Å². The molecule has 172 valence electrons. The summed E-state index contributed by atoms with van der Waals surface area (Å²) < 4.78 is 7.79. The van der Waals surface area contributed by atoms with Gasteiger partial charge in [0.15, 0.2) is 11.0 Å². The second-order valence-electron chi connectivity index (χ2n) is 7.38. The molecule has 0 saturated heterocycles. The Balaban J connectivity index is 1.66. The van der Waals surface area contributed by atoms with Gasteiger partial charge in [0.05, 0.1) is 16.4 Å². The van der Waals surface area contributed by atoms with Crippen LogP contribution in [0.4, 0.5) is 11.4 Å². The number of thioether (sulfide) groups is 1. The van der Waals surface area contributed by atoms with Gasteiger partial charge in [-0.05, 0) is 43.5 Å². The molecule has 10 heteroatoms. The zero-order valence-electron chi connectivity index (χ0n) is 18.7. The minimum Gasteiger partial charge on any atom is -0.485 e. The van der Waals surface area contributed by atoms with Crippen molar-refractivity contribution in [3.8, 4) is 5.75 Å². The topological polar surface area (TPSA) is 112 Å². The number of nitro groups is 1. The van der Waals surface area contributed by atoms with Crippen LogP contribution in [0.1, 0.15) is 22.5 Å². The quantitative estimate of drug-likeness (QED) is 0.201. The molecule has 0 saturated carbocycles. The number of nitrogens with zero attached hydrogens (tertiary/aromatic N) is 4. The van der Waals surface area contributed by atoms with Gasteiger partial charge < -0.3 is 10.1 Å². The van der Waals surface area contributed by atoms with Crippen LogP contribution in [0.5, 0.6) is 5.75 Å². The van der Waals surface area contributed by atoms with Crippen molar-refractivity contribution in [3.05, 3.63) is 81.7 Å². The van der Waals surface area contributed by atoms with Crippen molar-refractivity contribution in [1.82, 2.24) is 14.8 Å². The highest BCUT2D eigenvalue weighted by Gasteiger charge is 2.16. The summed E-state index contributed by atoms with van der Waals surface area (Å²) in [5.74, 6) is 1.16. The Labute approximate surface area is 196 Å². The number of aryl methyl sites for hydroxylation is 2. The van der Waals surface area contributed by atoms with E-state index in [2.05, 4.69) is 22.1 Å². The van der Waals surface area contributed by atoms with Crippen LogP contribution in [0.3, 0.4) is 0 Å². The lowest BCUT2D eigenvalue weighted by molar-refractivity contribution is -0.384. The van der Waals surface area contributed by atoms with E-state index in [4.69, 9.17) is 4.74 Å². The van der Waals surface area contributed by atoms with Gasteiger partial charge in [-0.2, -0.15) is 0 Å². The Hall–Kier alpha value is -3.66. The first kappa shape index (κ1) is 24.0. The molecule has 3 rings (SSSR count). The first-order valence-corrected chi connectivity index (χ1v) is 11.2. The molecule has 0 radical (unpaired) electrons. The second kappa shape index (κ2) is 10.8. The highest BCUT2D eigenvalue weighted by molar-refractivity contribution is 7.99. The number of carbonyl (C=O) groups excluding carboxylic acids is 1. The van der Waals surface area contributed by atoms with E-state index in [1.807, 2.05) is 36.6 Å². The number of amides is 1. The number of aromatic nitrogens is 3. The van der Waals surface area contributed by atoms with Gasteiger partial charge >= 0.3 is 0 Å². The fourth-order valence-electron chi connectivity index (χ4n) is 3.04. The number of rotatable bonds is 10. The van der Waals surface area contributed by atoms with Crippen molar-refractivity contribution in [2.24, 2.45) is 0 Å². The number of hydrogen-bond donors (Lipinski definition) is 1. The number of anilines is 1. The van der Waals surface area contributed by atoms with Crippen LogP contribution in [0.25, 0.3) is 0 Å². The molecule has 2 aromatic carbocycles. The molecule has 0 aliphatic heterocycles. The maximum atomic E-state index is 12.5. The van der Waals surface area contributed by atoms with Crippen molar-refractivity contribution in [1.29, 1.82) is 0 Å². The zero-order chi connectivity index (χ0) is 24.0. The average molecular weight is 468 g/mol. The van der Waals surface area contributed by atoms with E-state index < -0.39 is 4.92 Å². The maximum absolute atomic E-state index is 12.5. The SMILES string of the molecule is C=CCn1c(COc2cccc(C)c2C)nnc1SCC(=O)Nc1cc([N+](=O)[O-])ccc1C. The number of allylic oxidation sites excluding steroid dienone is 1. The van der Waals surface area contributed by atoms with E-state index >= 15 is 0 Å². The van der Waals surface area contributed by atoms with Crippen LogP contribution in [-0.2, 0) is 17.9 Å². The molecule has 1 aromatic heterocycles. The summed E-state index contributed by atoms with van der Waals surface area (Å²) in [5, 5.41) is 22.7. The summed E-state index contributed by atoms with van der Waals surface area (Å²) in [6.45, 7) is 10.3. The van der Waals surface area contributed by atoms with Crippen molar-refractivity contribution < 1.29 is 14.5 Å². The van der Waals surface area contributed by atoms with Crippen molar-refractivity contribution >= 4 is 29.0 Å². The molecule has 0 aliphatic carbocycles. The van der Waals surface area contributed by atoms with E-state index in [1.54, 1.807) is 19.1 Å². The predicted molar refractivity (Wildman–Crippen MR) is 128 cm³/mol. The van der Waals surface area contributed by atoms with E-state index in [0.29, 0.717) is 23.2 Å². The van der Waals surface area contributed by atoms with Crippen LogP contribution in [0.15, 0.2) is 54.2 Å². The molecule has 33 heavy (non-hydrogen) atoms. The lowest BCUT2D eigenvalue weighted by Gasteiger charge is -2.12. The number of non-ortho nitro benzene ring substituents is 1. The minimum absolute atomic E-state index is 0.0647. The summed E-state index contributed by atoms with van der Waals surface area (Å²) >= 11 is 1.22. The molecule has 0 bridgehead atoms. The van der Waals surface area contributed by atoms with Gasteiger partial charge in [0.25, 0.3) is 5.69 Å². The van der Waals surface area contributed by atoms with Crippen LogP contribution >= 0.6 is 11.8 Å². The summed E-state index contributed by atoms with van der Waals surface area (Å²) in [6.07, 6.45) is 1.72. The molecular formula is C23H25N5O4S. The Morgan fingerprint density at radius 2 is 2.03 bits per heavy atom. The third-order valence-corrected chi connectivity index (χ3v) is 6.02. The lowest BCUT2D eigenvalue weighted by atomic mass is 10.1. The third kappa shape index (κ3) is 5.98. The average Bonchev–Trinajstić information content (AvgIpc) is 3.16. The Morgan fingerprint density at radius 1 is 1.24 bits per heavy atom. The van der Waals surface area contributed by atoms with Crippen molar-refractivity contribution in [3.63, 3.8) is 0 Å². The zero-order valence-corrected chi connectivity index (χ0v) is 19.5. The van der Waals surface area contributed by atoms with Crippen molar-refractivity contribution in [2.45, 2.75) is 39.1 Å². The van der Waals surface area contributed by atoms with Crippen LogP contribution in [-0.4, -0.2) is 31.3 Å². The smallest absolute Gasteiger partial charge is 0.271 e. The summed E-state index contributed by atoms with van der Waals surface area (Å²) in [4.78, 5) is 23.0. The molecule has 9 nitrogen and oxygen atoms in total. The number of nitro benzene ring substituents is 1. The predicted octanol–water partition coefficient (Wildman–Crippen LogP) is 4.61. The molecule has 0 spiro atoms. The monoisotopic (exact) mass is 467 g/mol. The molecular weight excluding hydrogens is 442 g/mol. The first-order valence-electron chi connectivity index (χ1n) is 10.2. The van der Waals surface area contributed by atoms with Crippen LogP contribution < -0.4 is 10.1 Å². The van der Waals surface area contributed by atoms with Gasteiger partial charge in [-0.15, -0.1) is 16.8 Å². The molecule has 1 N–H and O–H groups in total. The number of nitrogens with one attached hydrogen (secondary N) is 1. The number of carbonyl (C=O) groups is 1. The Bertz CT molecular complexity index is 1190. The standard InChI is InChI=1S/C23H25N5O4S/c1-5-11-27-21(13-32-20-8-6-7-15(2)17(20)4)25-26-23(27)33-14-22(29)24-19-12-18(28(30)31)10-9-16(19)3/h5-10,12H,1,11,13-14H2,2-4H3,(H,24,29). The number of benzene rings is 2. The third-order valence-electron chi connectivity index (χ3n) is 5.06. The van der Waals surface area contributed by atoms with Crippen LogP contribution in [0, 0.1) is 30.9 Å². The lowest BCUT2D eigenvalue weighted by Crippen LogP contribution is -2.16. The molecule has 3 aromatic rings. The number of ether oxygens (including phenoxy) is 1.